The molecule has 1 saturated heterocycles. The number of carbonyl (C=O) groups is 2. The fourth-order valence-electron chi connectivity index (χ4n) is 2.79. The summed E-state index contributed by atoms with van der Waals surface area (Å²) < 4.78 is 0. The first-order valence-electron chi connectivity index (χ1n) is 8.99. The zero-order valence-electron chi connectivity index (χ0n) is 16.1. The molecule has 1 fully saturated rings. The SMILES string of the molecule is CCc1ccc(C(C)(C)CNC(=NC)NCCN2C(=O)CNC2=O)cc1. The van der Waals surface area contributed by atoms with Crippen molar-refractivity contribution in [1.29, 1.82) is 0 Å². The number of carbonyl (C=O) groups excluding carboxylic acids is 2. The minimum absolute atomic E-state index is 0.0608. The average molecular weight is 359 g/mol. The molecule has 1 aromatic rings. The molecule has 0 spiro atoms. The van der Waals surface area contributed by atoms with Gasteiger partial charge in [-0.05, 0) is 17.5 Å². The molecule has 26 heavy (non-hydrogen) atoms. The summed E-state index contributed by atoms with van der Waals surface area (Å²) in [6.07, 6.45) is 1.03. The second-order valence-electron chi connectivity index (χ2n) is 6.99. The fourth-order valence-corrected chi connectivity index (χ4v) is 2.79. The Kier molecular flexibility index (Phi) is 6.60. The molecule has 1 aromatic carbocycles. The van der Waals surface area contributed by atoms with E-state index in [9.17, 15) is 9.59 Å². The van der Waals surface area contributed by atoms with Gasteiger partial charge in [0.05, 0.1) is 6.54 Å². The molecule has 1 aliphatic rings. The molecule has 1 heterocycles. The molecule has 3 amide bonds. The predicted octanol–water partition coefficient (Wildman–Crippen LogP) is 1.24. The Morgan fingerprint density at radius 3 is 2.46 bits per heavy atom. The van der Waals surface area contributed by atoms with Crippen molar-refractivity contribution >= 4 is 17.9 Å². The van der Waals surface area contributed by atoms with Crippen LogP contribution >= 0.6 is 0 Å². The summed E-state index contributed by atoms with van der Waals surface area (Å²) in [6, 6.07) is 8.35. The van der Waals surface area contributed by atoms with Gasteiger partial charge in [0.1, 0.15) is 0 Å². The van der Waals surface area contributed by atoms with Crippen molar-refractivity contribution in [3.8, 4) is 0 Å². The third kappa shape index (κ3) is 4.97. The zero-order chi connectivity index (χ0) is 19.2. The van der Waals surface area contributed by atoms with Crippen molar-refractivity contribution in [2.75, 3.05) is 33.2 Å². The van der Waals surface area contributed by atoms with E-state index in [1.807, 2.05) is 0 Å². The summed E-state index contributed by atoms with van der Waals surface area (Å²) >= 11 is 0. The molecule has 3 N–H and O–H groups in total. The molecule has 0 unspecified atom stereocenters. The summed E-state index contributed by atoms with van der Waals surface area (Å²) in [5.41, 5.74) is 2.53. The van der Waals surface area contributed by atoms with Gasteiger partial charge in [-0.1, -0.05) is 45.0 Å². The van der Waals surface area contributed by atoms with Crippen LogP contribution in [0.1, 0.15) is 31.9 Å². The molecule has 7 heteroatoms. The van der Waals surface area contributed by atoms with Crippen LogP contribution in [0.25, 0.3) is 0 Å². The number of aliphatic imine (C=N–C) groups is 1. The number of hydrogen-bond acceptors (Lipinski definition) is 3. The maximum Gasteiger partial charge on any atom is 0.324 e. The molecule has 0 radical (unpaired) electrons. The predicted molar refractivity (Wildman–Crippen MR) is 103 cm³/mol. The highest BCUT2D eigenvalue weighted by Gasteiger charge is 2.27. The molecule has 0 aromatic heterocycles. The lowest BCUT2D eigenvalue weighted by molar-refractivity contribution is -0.124. The highest BCUT2D eigenvalue weighted by Crippen LogP contribution is 2.22. The molecule has 2 rings (SSSR count). The van der Waals surface area contributed by atoms with E-state index in [0.29, 0.717) is 25.6 Å². The van der Waals surface area contributed by atoms with Crippen molar-refractivity contribution in [1.82, 2.24) is 20.9 Å². The Balaban J connectivity index is 1.83. The van der Waals surface area contributed by atoms with Crippen LogP contribution in [0.3, 0.4) is 0 Å². The van der Waals surface area contributed by atoms with E-state index < -0.39 is 0 Å². The average Bonchev–Trinajstić information content (AvgIpc) is 2.96. The highest BCUT2D eigenvalue weighted by atomic mass is 16.2. The van der Waals surface area contributed by atoms with Crippen LogP contribution in [0.5, 0.6) is 0 Å². The van der Waals surface area contributed by atoms with Gasteiger partial charge in [-0.25, -0.2) is 4.79 Å². The van der Waals surface area contributed by atoms with Crippen LogP contribution in [0.4, 0.5) is 4.79 Å². The monoisotopic (exact) mass is 359 g/mol. The van der Waals surface area contributed by atoms with Gasteiger partial charge in [0.25, 0.3) is 0 Å². The summed E-state index contributed by atoms with van der Waals surface area (Å²) in [7, 11) is 1.70. The fraction of sp³-hybridized carbons (Fsp3) is 0.526. The Labute approximate surface area is 155 Å². The Hall–Kier alpha value is -2.57. The number of nitrogens with one attached hydrogen (secondary N) is 3. The van der Waals surface area contributed by atoms with Gasteiger partial charge in [-0.15, -0.1) is 0 Å². The van der Waals surface area contributed by atoms with Crippen molar-refractivity contribution < 1.29 is 9.59 Å². The molecule has 7 nitrogen and oxygen atoms in total. The molecule has 0 aliphatic carbocycles. The van der Waals surface area contributed by atoms with Crippen LogP contribution in [0.15, 0.2) is 29.3 Å². The Bertz CT molecular complexity index is 651. The first kappa shape index (κ1) is 19.8. The van der Waals surface area contributed by atoms with Gasteiger partial charge in [0, 0.05) is 32.1 Å². The van der Waals surface area contributed by atoms with E-state index in [4.69, 9.17) is 0 Å². The van der Waals surface area contributed by atoms with Gasteiger partial charge in [0.2, 0.25) is 5.91 Å². The number of amides is 3. The summed E-state index contributed by atoms with van der Waals surface area (Å²) in [6.45, 7) is 8.06. The van der Waals surface area contributed by atoms with Crippen LogP contribution in [0.2, 0.25) is 0 Å². The van der Waals surface area contributed by atoms with Gasteiger partial charge < -0.3 is 16.0 Å². The first-order chi connectivity index (χ1) is 12.4. The van der Waals surface area contributed by atoms with E-state index in [2.05, 4.69) is 66.0 Å². The minimum atomic E-state index is -0.337. The number of nitrogens with zero attached hydrogens (tertiary/aromatic N) is 2. The maximum atomic E-state index is 11.6. The lowest BCUT2D eigenvalue weighted by atomic mass is 9.84. The van der Waals surface area contributed by atoms with Crippen LogP contribution < -0.4 is 16.0 Å². The number of imide groups is 1. The zero-order valence-corrected chi connectivity index (χ0v) is 16.1. The Morgan fingerprint density at radius 1 is 1.23 bits per heavy atom. The quantitative estimate of drug-likeness (QED) is 0.388. The number of urea groups is 1. The smallest absolute Gasteiger partial charge is 0.324 e. The number of aryl methyl sites for hydroxylation is 1. The molecule has 0 saturated carbocycles. The maximum absolute atomic E-state index is 11.6. The minimum Gasteiger partial charge on any atom is -0.356 e. The van der Waals surface area contributed by atoms with E-state index >= 15 is 0 Å². The van der Waals surface area contributed by atoms with Crippen molar-refractivity contribution in [2.45, 2.75) is 32.6 Å². The first-order valence-corrected chi connectivity index (χ1v) is 8.99. The standard InChI is InChI=1S/C19H29N5O2/c1-5-14-6-8-15(9-7-14)19(2,3)13-23-17(20-4)21-10-11-24-16(25)12-22-18(24)26/h6-9H,5,10-13H2,1-4H3,(H,22,26)(H2,20,21,23). The topological polar surface area (TPSA) is 85.8 Å². The molecular weight excluding hydrogens is 330 g/mol. The van der Waals surface area contributed by atoms with Gasteiger partial charge >= 0.3 is 6.03 Å². The van der Waals surface area contributed by atoms with Crippen molar-refractivity contribution in [3.63, 3.8) is 0 Å². The summed E-state index contributed by atoms with van der Waals surface area (Å²) in [5.74, 6) is 0.451. The summed E-state index contributed by atoms with van der Waals surface area (Å²) in [5, 5.41) is 8.97. The lowest BCUT2D eigenvalue weighted by Gasteiger charge is -2.27. The van der Waals surface area contributed by atoms with Crippen LogP contribution in [-0.2, 0) is 16.6 Å². The second-order valence-corrected chi connectivity index (χ2v) is 6.99. The number of benzene rings is 1. The van der Waals surface area contributed by atoms with E-state index in [1.165, 1.54) is 16.0 Å². The number of rotatable bonds is 7. The molecule has 0 atom stereocenters. The van der Waals surface area contributed by atoms with Crippen molar-refractivity contribution in [2.24, 2.45) is 4.99 Å². The lowest BCUT2D eigenvalue weighted by Crippen LogP contribution is -2.46. The molecule has 0 bridgehead atoms. The Morgan fingerprint density at radius 2 is 1.92 bits per heavy atom. The third-order valence-corrected chi connectivity index (χ3v) is 4.63. The van der Waals surface area contributed by atoms with Crippen molar-refractivity contribution in [3.05, 3.63) is 35.4 Å². The third-order valence-electron chi connectivity index (χ3n) is 4.63. The van der Waals surface area contributed by atoms with E-state index in [1.54, 1.807) is 7.05 Å². The normalized spacial score (nSPS) is 15.2. The highest BCUT2D eigenvalue weighted by molar-refractivity contribution is 6.01. The van der Waals surface area contributed by atoms with Gasteiger partial charge in [0.15, 0.2) is 5.96 Å². The van der Waals surface area contributed by atoms with Crippen LogP contribution in [0, 0.1) is 0 Å². The van der Waals surface area contributed by atoms with Crippen LogP contribution in [-0.4, -0.2) is 56.0 Å². The molecule has 142 valence electrons. The summed E-state index contributed by atoms with van der Waals surface area (Å²) in [4.78, 5) is 28.5. The van der Waals surface area contributed by atoms with Gasteiger partial charge in [-0.2, -0.15) is 0 Å². The number of guanidine groups is 1. The largest absolute Gasteiger partial charge is 0.356 e. The molecular formula is C19H29N5O2. The van der Waals surface area contributed by atoms with Gasteiger partial charge in [-0.3, -0.25) is 14.7 Å². The van der Waals surface area contributed by atoms with E-state index in [-0.39, 0.29) is 23.9 Å². The number of hydrogen-bond donors (Lipinski definition) is 3. The second kappa shape index (κ2) is 8.69. The molecule has 1 aliphatic heterocycles. The van der Waals surface area contributed by atoms with E-state index in [0.717, 1.165) is 6.42 Å².